The molecular formula is C19H19F2NO3. The first-order valence-electron chi connectivity index (χ1n) is 7.85. The van der Waals surface area contributed by atoms with Crippen LogP contribution in [0.5, 0.6) is 0 Å². The Balaban J connectivity index is 2.03. The van der Waals surface area contributed by atoms with Gasteiger partial charge in [-0.3, -0.25) is 4.79 Å². The molecule has 2 rings (SSSR count). The third-order valence-electron chi connectivity index (χ3n) is 4.03. The molecule has 0 aliphatic rings. The van der Waals surface area contributed by atoms with Crippen LogP contribution >= 0.6 is 0 Å². The summed E-state index contributed by atoms with van der Waals surface area (Å²) in [6.45, 7) is 0. The van der Waals surface area contributed by atoms with Crippen molar-refractivity contribution >= 4 is 11.9 Å². The molecule has 2 aromatic rings. The Bertz CT molecular complexity index is 750. The van der Waals surface area contributed by atoms with E-state index in [-0.39, 0.29) is 24.8 Å². The highest BCUT2D eigenvalue weighted by Crippen LogP contribution is 2.14. The molecule has 0 radical (unpaired) electrons. The van der Waals surface area contributed by atoms with E-state index in [0.717, 1.165) is 28.7 Å². The first kappa shape index (κ1) is 18.6. The summed E-state index contributed by atoms with van der Waals surface area (Å²) < 4.78 is 26.8. The van der Waals surface area contributed by atoms with E-state index in [1.54, 1.807) is 24.3 Å². The lowest BCUT2D eigenvalue weighted by molar-refractivity contribution is -0.149. The minimum absolute atomic E-state index is 0.00441. The second kappa shape index (κ2) is 8.37. The molecular weight excluding hydrogens is 328 g/mol. The number of benzene rings is 2. The molecule has 0 saturated heterocycles. The molecule has 0 fully saturated rings. The van der Waals surface area contributed by atoms with Gasteiger partial charge in [0.05, 0.1) is 0 Å². The van der Waals surface area contributed by atoms with Gasteiger partial charge in [-0.1, -0.05) is 30.3 Å². The maximum absolute atomic E-state index is 13.6. The molecule has 6 heteroatoms. The number of carboxylic acid groups (broad SMARTS) is 1. The maximum Gasteiger partial charge on any atom is 0.326 e. The van der Waals surface area contributed by atoms with Gasteiger partial charge >= 0.3 is 5.97 Å². The number of rotatable bonds is 7. The maximum atomic E-state index is 13.6. The van der Waals surface area contributed by atoms with E-state index in [9.17, 15) is 23.5 Å². The molecule has 0 aromatic heterocycles. The Morgan fingerprint density at radius 1 is 1.12 bits per heavy atom. The Labute approximate surface area is 144 Å². The van der Waals surface area contributed by atoms with E-state index in [1.165, 1.54) is 7.05 Å². The number of aliphatic carboxylic acids is 1. The van der Waals surface area contributed by atoms with Gasteiger partial charge in [-0.05, 0) is 35.7 Å². The fourth-order valence-electron chi connectivity index (χ4n) is 2.55. The highest BCUT2D eigenvalue weighted by Gasteiger charge is 2.26. The van der Waals surface area contributed by atoms with E-state index in [1.807, 2.05) is 6.07 Å². The quantitative estimate of drug-likeness (QED) is 0.837. The van der Waals surface area contributed by atoms with Crippen LogP contribution < -0.4 is 0 Å². The van der Waals surface area contributed by atoms with Crippen LogP contribution in [0.4, 0.5) is 8.78 Å². The molecule has 1 atom stereocenters. The molecule has 0 aliphatic heterocycles. The standard InChI is InChI=1S/C19H19F2NO3/c1-22(17(19(24)25)11-13-5-3-2-4-6-13)18(23)10-7-14-12-15(20)8-9-16(14)21/h2-6,8-9,12,17H,7,10-11H2,1H3,(H,24,25). The average Bonchev–Trinajstić information content (AvgIpc) is 2.60. The van der Waals surface area contributed by atoms with Crippen LogP contribution in [0.1, 0.15) is 17.5 Å². The first-order chi connectivity index (χ1) is 11.9. The average molecular weight is 347 g/mol. The third kappa shape index (κ3) is 5.11. The van der Waals surface area contributed by atoms with Gasteiger partial charge in [-0.2, -0.15) is 0 Å². The lowest BCUT2D eigenvalue weighted by Crippen LogP contribution is -2.43. The lowest BCUT2D eigenvalue weighted by Gasteiger charge is -2.25. The number of likely N-dealkylation sites (N-methyl/N-ethyl adjacent to an activating group) is 1. The Kier molecular flexibility index (Phi) is 6.22. The molecule has 132 valence electrons. The van der Waals surface area contributed by atoms with Crippen LogP contribution in [0.2, 0.25) is 0 Å². The summed E-state index contributed by atoms with van der Waals surface area (Å²) in [5, 5.41) is 9.42. The monoisotopic (exact) mass is 347 g/mol. The zero-order chi connectivity index (χ0) is 18.4. The van der Waals surface area contributed by atoms with Crippen molar-refractivity contribution in [1.82, 2.24) is 4.90 Å². The fourth-order valence-corrected chi connectivity index (χ4v) is 2.55. The number of hydrogen-bond acceptors (Lipinski definition) is 2. The van der Waals surface area contributed by atoms with Gasteiger partial charge in [0.2, 0.25) is 5.91 Å². The Morgan fingerprint density at radius 2 is 1.80 bits per heavy atom. The van der Waals surface area contributed by atoms with E-state index in [0.29, 0.717) is 0 Å². The number of amides is 1. The van der Waals surface area contributed by atoms with Gasteiger partial charge in [0.25, 0.3) is 0 Å². The summed E-state index contributed by atoms with van der Waals surface area (Å²) in [5.74, 6) is -2.72. The van der Waals surface area contributed by atoms with Gasteiger partial charge < -0.3 is 10.0 Å². The van der Waals surface area contributed by atoms with Gasteiger partial charge in [0.15, 0.2) is 0 Å². The van der Waals surface area contributed by atoms with Crippen LogP contribution in [0.15, 0.2) is 48.5 Å². The zero-order valence-electron chi connectivity index (χ0n) is 13.8. The van der Waals surface area contributed by atoms with E-state index in [4.69, 9.17) is 0 Å². The number of nitrogens with zero attached hydrogens (tertiary/aromatic N) is 1. The van der Waals surface area contributed by atoms with E-state index in [2.05, 4.69) is 0 Å². The van der Waals surface area contributed by atoms with Crippen molar-refractivity contribution in [3.05, 3.63) is 71.3 Å². The second-order valence-electron chi connectivity index (χ2n) is 5.78. The van der Waals surface area contributed by atoms with Gasteiger partial charge in [-0.25, -0.2) is 13.6 Å². The summed E-state index contributed by atoms with van der Waals surface area (Å²) in [6, 6.07) is 11.0. The van der Waals surface area contributed by atoms with Crippen molar-refractivity contribution in [2.75, 3.05) is 7.05 Å². The zero-order valence-corrected chi connectivity index (χ0v) is 13.8. The second-order valence-corrected chi connectivity index (χ2v) is 5.78. The van der Waals surface area contributed by atoms with Crippen LogP contribution in [-0.4, -0.2) is 35.0 Å². The van der Waals surface area contributed by atoms with Crippen LogP contribution in [0.25, 0.3) is 0 Å². The molecule has 1 N–H and O–H groups in total. The van der Waals surface area contributed by atoms with Crippen molar-refractivity contribution in [3.8, 4) is 0 Å². The smallest absolute Gasteiger partial charge is 0.326 e. The number of carboxylic acids is 1. The van der Waals surface area contributed by atoms with Gasteiger partial charge in [-0.15, -0.1) is 0 Å². The molecule has 0 bridgehead atoms. The summed E-state index contributed by atoms with van der Waals surface area (Å²) in [4.78, 5) is 25.0. The summed E-state index contributed by atoms with van der Waals surface area (Å²) in [5.41, 5.74) is 0.891. The largest absolute Gasteiger partial charge is 0.480 e. The lowest BCUT2D eigenvalue weighted by atomic mass is 10.0. The topological polar surface area (TPSA) is 57.6 Å². The molecule has 1 unspecified atom stereocenters. The summed E-state index contributed by atoms with van der Waals surface area (Å²) in [6.07, 6.45) is 0.0760. The molecule has 25 heavy (non-hydrogen) atoms. The highest BCUT2D eigenvalue weighted by atomic mass is 19.1. The number of carbonyl (C=O) groups is 2. The van der Waals surface area contributed by atoms with Crippen molar-refractivity contribution in [3.63, 3.8) is 0 Å². The van der Waals surface area contributed by atoms with Crippen molar-refractivity contribution in [2.24, 2.45) is 0 Å². The van der Waals surface area contributed by atoms with Crippen LogP contribution in [0.3, 0.4) is 0 Å². The number of aryl methyl sites for hydroxylation is 1. The molecule has 1 amide bonds. The highest BCUT2D eigenvalue weighted by molar-refractivity contribution is 5.83. The third-order valence-corrected chi connectivity index (χ3v) is 4.03. The summed E-state index contributed by atoms with van der Waals surface area (Å²) >= 11 is 0. The number of carbonyl (C=O) groups excluding carboxylic acids is 1. The summed E-state index contributed by atoms with van der Waals surface area (Å²) in [7, 11) is 1.41. The van der Waals surface area contributed by atoms with Crippen molar-refractivity contribution in [2.45, 2.75) is 25.3 Å². The van der Waals surface area contributed by atoms with Crippen molar-refractivity contribution in [1.29, 1.82) is 0 Å². The van der Waals surface area contributed by atoms with Crippen LogP contribution in [-0.2, 0) is 22.4 Å². The van der Waals surface area contributed by atoms with E-state index < -0.39 is 29.6 Å². The molecule has 0 aliphatic carbocycles. The first-order valence-corrected chi connectivity index (χ1v) is 7.85. The Morgan fingerprint density at radius 3 is 2.44 bits per heavy atom. The molecule has 0 spiro atoms. The SMILES string of the molecule is CN(C(=O)CCc1cc(F)ccc1F)C(Cc1ccccc1)C(=O)O. The minimum Gasteiger partial charge on any atom is -0.480 e. The number of halogens is 2. The molecule has 4 nitrogen and oxygen atoms in total. The predicted octanol–water partition coefficient (Wildman–Crippen LogP) is 3.05. The van der Waals surface area contributed by atoms with Crippen LogP contribution in [0, 0.1) is 11.6 Å². The van der Waals surface area contributed by atoms with Gasteiger partial charge in [0.1, 0.15) is 17.7 Å². The number of hydrogen-bond donors (Lipinski definition) is 1. The minimum atomic E-state index is -1.11. The van der Waals surface area contributed by atoms with Crippen molar-refractivity contribution < 1.29 is 23.5 Å². The normalized spacial score (nSPS) is 11.8. The molecule has 0 heterocycles. The van der Waals surface area contributed by atoms with E-state index >= 15 is 0 Å². The fraction of sp³-hybridized carbons (Fsp3) is 0.263. The molecule has 0 saturated carbocycles. The van der Waals surface area contributed by atoms with Gasteiger partial charge in [0, 0.05) is 19.9 Å². The predicted molar refractivity (Wildman–Crippen MR) is 89.0 cm³/mol. The molecule has 2 aromatic carbocycles. The Hall–Kier alpha value is -2.76.